The number of hydrogen-bond acceptors (Lipinski definition) is 3. The second-order valence-electron chi connectivity index (χ2n) is 3.54. The summed E-state index contributed by atoms with van der Waals surface area (Å²) in [7, 11) is 0. The van der Waals surface area contributed by atoms with Crippen LogP contribution in [0.5, 0.6) is 0 Å². The van der Waals surface area contributed by atoms with E-state index in [0.717, 1.165) is 23.0 Å². The van der Waals surface area contributed by atoms with Crippen molar-refractivity contribution in [3.05, 3.63) is 23.8 Å². The molecule has 1 heterocycles. The summed E-state index contributed by atoms with van der Waals surface area (Å²) in [5.41, 5.74) is 2.86. The zero-order chi connectivity index (χ0) is 10.7. The molecule has 0 aliphatic carbocycles. The van der Waals surface area contributed by atoms with Gasteiger partial charge in [0.15, 0.2) is 0 Å². The number of aromatic amines is 1. The third kappa shape index (κ3) is 2.21. The number of carbonyl (C=O) groups excluding carboxylic acids is 1. The van der Waals surface area contributed by atoms with Crippen LogP contribution in [0.1, 0.15) is 25.3 Å². The summed E-state index contributed by atoms with van der Waals surface area (Å²) in [4.78, 5) is 11.2. The molecule has 0 fully saturated rings. The van der Waals surface area contributed by atoms with Crippen LogP contribution in [-0.4, -0.2) is 21.2 Å². The third-order valence-electron chi connectivity index (χ3n) is 2.47. The molecule has 0 aliphatic rings. The molecule has 0 saturated heterocycles. The standard InChI is InChI=1S/C11H13N3O/c1-2-9(15)5-3-8-4-6-10-11(7-8)13-14-12-10/h4,6-7H,2-3,5H2,1H3,(H,12,13,14). The first kappa shape index (κ1) is 9.83. The highest BCUT2D eigenvalue weighted by Gasteiger charge is 2.02. The number of aromatic nitrogens is 3. The van der Waals surface area contributed by atoms with Crippen molar-refractivity contribution in [2.24, 2.45) is 0 Å². The van der Waals surface area contributed by atoms with Gasteiger partial charge in [0, 0.05) is 12.8 Å². The van der Waals surface area contributed by atoms with E-state index in [9.17, 15) is 4.79 Å². The topological polar surface area (TPSA) is 58.6 Å². The van der Waals surface area contributed by atoms with E-state index < -0.39 is 0 Å². The summed E-state index contributed by atoms with van der Waals surface area (Å²) < 4.78 is 0. The van der Waals surface area contributed by atoms with Crippen molar-refractivity contribution in [3.63, 3.8) is 0 Å². The maximum absolute atomic E-state index is 11.2. The quantitative estimate of drug-likeness (QED) is 0.825. The van der Waals surface area contributed by atoms with Gasteiger partial charge in [-0.3, -0.25) is 4.79 Å². The van der Waals surface area contributed by atoms with Crippen LogP contribution in [0.4, 0.5) is 0 Å². The van der Waals surface area contributed by atoms with Gasteiger partial charge in [0.1, 0.15) is 16.8 Å². The lowest BCUT2D eigenvalue weighted by Gasteiger charge is -1.99. The zero-order valence-corrected chi connectivity index (χ0v) is 8.66. The van der Waals surface area contributed by atoms with E-state index in [1.807, 2.05) is 25.1 Å². The maximum atomic E-state index is 11.2. The van der Waals surface area contributed by atoms with Crippen molar-refractivity contribution in [1.82, 2.24) is 15.4 Å². The molecule has 0 aliphatic heterocycles. The van der Waals surface area contributed by atoms with Crippen molar-refractivity contribution >= 4 is 16.8 Å². The second kappa shape index (κ2) is 4.21. The largest absolute Gasteiger partial charge is 0.300 e. The number of ketones is 1. The van der Waals surface area contributed by atoms with Crippen LogP contribution in [0.15, 0.2) is 18.2 Å². The van der Waals surface area contributed by atoms with Gasteiger partial charge in [0.05, 0.1) is 0 Å². The lowest BCUT2D eigenvalue weighted by molar-refractivity contribution is -0.118. The van der Waals surface area contributed by atoms with Crippen molar-refractivity contribution < 1.29 is 4.79 Å². The van der Waals surface area contributed by atoms with E-state index in [2.05, 4.69) is 15.4 Å². The fourth-order valence-electron chi connectivity index (χ4n) is 1.50. The average molecular weight is 203 g/mol. The highest BCUT2D eigenvalue weighted by atomic mass is 16.1. The number of H-pyrrole nitrogens is 1. The van der Waals surface area contributed by atoms with Crippen LogP contribution in [0, 0.1) is 0 Å². The SMILES string of the molecule is CCC(=O)CCc1ccc2n[nH]nc2c1. The number of carbonyl (C=O) groups is 1. The Morgan fingerprint density at radius 2 is 2.13 bits per heavy atom. The molecule has 0 amide bonds. The van der Waals surface area contributed by atoms with Gasteiger partial charge in [0.2, 0.25) is 0 Å². The third-order valence-corrected chi connectivity index (χ3v) is 2.47. The van der Waals surface area contributed by atoms with E-state index in [1.165, 1.54) is 0 Å². The Balaban J connectivity index is 2.11. The summed E-state index contributed by atoms with van der Waals surface area (Å²) in [5, 5.41) is 10.5. The normalized spacial score (nSPS) is 10.7. The molecule has 0 spiro atoms. The highest BCUT2D eigenvalue weighted by molar-refractivity contribution is 5.78. The summed E-state index contributed by atoms with van der Waals surface area (Å²) in [5.74, 6) is 0.301. The van der Waals surface area contributed by atoms with Gasteiger partial charge in [-0.2, -0.15) is 15.4 Å². The Labute approximate surface area is 87.7 Å². The first-order valence-electron chi connectivity index (χ1n) is 5.10. The fraction of sp³-hybridized carbons (Fsp3) is 0.364. The van der Waals surface area contributed by atoms with Gasteiger partial charge in [-0.05, 0) is 24.1 Å². The summed E-state index contributed by atoms with van der Waals surface area (Å²) >= 11 is 0. The number of aryl methyl sites for hydroxylation is 1. The number of benzene rings is 1. The Kier molecular flexibility index (Phi) is 2.76. The number of fused-ring (bicyclic) bond motifs is 1. The predicted molar refractivity (Wildman–Crippen MR) is 57.5 cm³/mol. The molecule has 4 nitrogen and oxygen atoms in total. The van der Waals surface area contributed by atoms with Gasteiger partial charge in [0.25, 0.3) is 0 Å². The molecule has 1 N–H and O–H groups in total. The molecule has 2 rings (SSSR count). The monoisotopic (exact) mass is 203 g/mol. The van der Waals surface area contributed by atoms with Gasteiger partial charge in [-0.25, -0.2) is 0 Å². The highest BCUT2D eigenvalue weighted by Crippen LogP contribution is 2.12. The van der Waals surface area contributed by atoms with E-state index in [0.29, 0.717) is 18.6 Å². The molecule has 0 unspecified atom stereocenters. The molecule has 2 aromatic rings. The first-order valence-corrected chi connectivity index (χ1v) is 5.10. The van der Waals surface area contributed by atoms with Gasteiger partial charge >= 0.3 is 0 Å². The van der Waals surface area contributed by atoms with E-state index in [-0.39, 0.29) is 0 Å². The minimum absolute atomic E-state index is 0.301. The molecule has 15 heavy (non-hydrogen) atoms. The number of hydrogen-bond donors (Lipinski definition) is 1. The molecular weight excluding hydrogens is 190 g/mol. The van der Waals surface area contributed by atoms with Crippen LogP contribution in [-0.2, 0) is 11.2 Å². The maximum Gasteiger partial charge on any atom is 0.132 e. The summed E-state index contributed by atoms with van der Waals surface area (Å²) in [6.45, 7) is 1.89. The first-order chi connectivity index (χ1) is 7.29. The van der Waals surface area contributed by atoms with E-state index >= 15 is 0 Å². The van der Waals surface area contributed by atoms with Crippen molar-refractivity contribution in [3.8, 4) is 0 Å². The van der Waals surface area contributed by atoms with Crippen LogP contribution in [0.3, 0.4) is 0 Å². The molecule has 4 heteroatoms. The van der Waals surface area contributed by atoms with Crippen LogP contribution < -0.4 is 0 Å². The molecule has 0 saturated carbocycles. The number of Topliss-reactive ketones (excluding diaryl/α,β-unsaturated/α-hetero) is 1. The number of rotatable bonds is 4. The van der Waals surface area contributed by atoms with Crippen molar-refractivity contribution in [1.29, 1.82) is 0 Å². The summed E-state index contributed by atoms with van der Waals surface area (Å²) in [6, 6.07) is 5.89. The molecular formula is C11H13N3O. The van der Waals surface area contributed by atoms with E-state index in [1.54, 1.807) is 0 Å². The minimum Gasteiger partial charge on any atom is -0.300 e. The van der Waals surface area contributed by atoms with Gasteiger partial charge < -0.3 is 0 Å². The Morgan fingerprint density at radius 1 is 1.33 bits per heavy atom. The molecule has 78 valence electrons. The van der Waals surface area contributed by atoms with Gasteiger partial charge in [-0.15, -0.1) is 0 Å². The van der Waals surface area contributed by atoms with E-state index in [4.69, 9.17) is 0 Å². The molecule has 1 aromatic heterocycles. The van der Waals surface area contributed by atoms with Crippen molar-refractivity contribution in [2.75, 3.05) is 0 Å². The van der Waals surface area contributed by atoms with Crippen molar-refractivity contribution in [2.45, 2.75) is 26.2 Å². The number of nitrogens with one attached hydrogen (secondary N) is 1. The molecule has 0 atom stereocenters. The zero-order valence-electron chi connectivity index (χ0n) is 8.66. The number of nitrogens with zero attached hydrogens (tertiary/aromatic N) is 2. The minimum atomic E-state index is 0.301. The molecule has 0 bridgehead atoms. The fourth-order valence-corrected chi connectivity index (χ4v) is 1.50. The van der Waals surface area contributed by atoms with Crippen LogP contribution in [0.25, 0.3) is 11.0 Å². The lowest BCUT2D eigenvalue weighted by Crippen LogP contribution is -1.97. The Bertz CT molecular complexity index is 475. The van der Waals surface area contributed by atoms with Crippen LogP contribution >= 0.6 is 0 Å². The Morgan fingerprint density at radius 3 is 2.93 bits per heavy atom. The average Bonchev–Trinajstić information content (AvgIpc) is 2.72. The van der Waals surface area contributed by atoms with Gasteiger partial charge in [-0.1, -0.05) is 13.0 Å². The summed E-state index contributed by atoms with van der Waals surface area (Å²) in [6.07, 6.45) is 2.02. The molecule has 0 radical (unpaired) electrons. The predicted octanol–water partition coefficient (Wildman–Crippen LogP) is 1.87. The second-order valence-corrected chi connectivity index (χ2v) is 3.54. The smallest absolute Gasteiger partial charge is 0.132 e. The lowest BCUT2D eigenvalue weighted by atomic mass is 10.1. The molecule has 1 aromatic carbocycles. The Hall–Kier alpha value is -1.71. The van der Waals surface area contributed by atoms with Crippen LogP contribution in [0.2, 0.25) is 0 Å².